The maximum absolute atomic E-state index is 13.8. The van der Waals surface area contributed by atoms with Crippen LogP contribution in [0.2, 0.25) is 0 Å². The third-order valence-electron chi connectivity index (χ3n) is 6.22. The Morgan fingerprint density at radius 2 is 1.53 bits per heavy atom. The Kier molecular flexibility index (Phi) is 7.68. The number of methoxy groups -OCH3 is 3. The minimum absolute atomic E-state index is 0.0778. The van der Waals surface area contributed by atoms with Gasteiger partial charge < -0.3 is 24.0 Å². The summed E-state index contributed by atoms with van der Waals surface area (Å²) in [6, 6.07) is 19.0. The fourth-order valence-electron chi connectivity index (χ4n) is 4.35. The Balaban J connectivity index is 2.07. The van der Waals surface area contributed by atoms with Gasteiger partial charge in [-0.2, -0.15) is 5.10 Å². The van der Waals surface area contributed by atoms with Crippen LogP contribution < -0.4 is 14.8 Å². The van der Waals surface area contributed by atoms with Crippen LogP contribution in [0.4, 0.5) is 0 Å². The van der Waals surface area contributed by atoms with Crippen molar-refractivity contribution in [1.82, 2.24) is 15.1 Å². The van der Waals surface area contributed by atoms with Gasteiger partial charge in [-0.25, -0.2) is 9.48 Å². The third-order valence-corrected chi connectivity index (χ3v) is 6.22. The smallest absolute Gasteiger partial charge is 0.359 e. The van der Waals surface area contributed by atoms with Crippen LogP contribution in [0.15, 0.2) is 60.7 Å². The second kappa shape index (κ2) is 10.9. The number of aromatic nitrogens is 2. The lowest BCUT2D eigenvalue weighted by atomic mass is 10.0. The highest BCUT2D eigenvalue weighted by molar-refractivity contribution is 6.10. The molecule has 1 N–H and O–H groups in total. The van der Waals surface area contributed by atoms with Gasteiger partial charge in [-0.1, -0.05) is 42.5 Å². The van der Waals surface area contributed by atoms with Crippen LogP contribution >= 0.6 is 0 Å². The zero-order chi connectivity index (χ0) is 27.4. The molecule has 9 nitrogen and oxygen atoms in total. The summed E-state index contributed by atoms with van der Waals surface area (Å²) in [4.78, 5) is 26.8. The van der Waals surface area contributed by atoms with Crippen LogP contribution in [0, 0.1) is 0 Å². The average molecular weight is 518 g/mol. The van der Waals surface area contributed by atoms with Crippen molar-refractivity contribution in [1.29, 1.82) is 0 Å². The number of nitrogens with zero attached hydrogens (tertiary/aromatic N) is 3. The summed E-state index contributed by atoms with van der Waals surface area (Å²) in [5, 5.41) is 9.51. The number of rotatable bonds is 9. The highest BCUT2D eigenvalue weighted by atomic mass is 16.5. The highest BCUT2D eigenvalue weighted by Crippen LogP contribution is 2.42. The largest absolute Gasteiger partial charge is 0.496 e. The number of hydrogen-bond donors (Lipinski definition) is 1. The fourth-order valence-corrected chi connectivity index (χ4v) is 4.35. The van der Waals surface area contributed by atoms with Gasteiger partial charge in [-0.3, -0.25) is 4.79 Å². The molecule has 1 aromatic heterocycles. The fraction of sp³-hybridized carbons (Fsp3) is 0.276. The molecule has 38 heavy (non-hydrogen) atoms. The van der Waals surface area contributed by atoms with Crippen molar-refractivity contribution in [3.63, 3.8) is 0 Å². The van der Waals surface area contributed by atoms with Gasteiger partial charge in [0.05, 0.1) is 72.5 Å². The van der Waals surface area contributed by atoms with E-state index in [0.717, 1.165) is 10.8 Å². The second-order valence-corrected chi connectivity index (χ2v) is 9.78. The lowest BCUT2D eigenvalue weighted by Crippen LogP contribution is -2.42. The number of esters is 1. The van der Waals surface area contributed by atoms with Crippen LogP contribution in [-0.2, 0) is 4.74 Å². The van der Waals surface area contributed by atoms with Gasteiger partial charge in [-0.15, -0.1) is 0 Å². The summed E-state index contributed by atoms with van der Waals surface area (Å²) in [7, 11) is 10.5. The predicted molar refractivity (Wildman–Crippen MR) is 146 cm³/mol. The van der Waals surface area contributed by atoms with Gasteiger partial charge in [0.1, 0.15) is 17.1 Å². The molecule has 198 valence electrons. The van der Waals surface area contributed by atoms with E-state index in [0.29, 0.717) is 46.0 Å². The van der Waals surface area contributed by atoms with Gasteiger partial charge in [0, 0.05) is 5.39 Å². The molecular weight excluding hydrogens is 484 g/mol. The molecule has 9 heteroatoms. The Labute approximate surface area is 222 Å². The quantitative estimate of drug-likeness (QED) is 0.267. The van der Waals surface area contributed by atoms with Crippen molar-refractivity contribution >= 4 is 22.6 Å². The molecule has 0 unspecified atom stereocenters. The lowest BCUT2D eigenvalue weighted by molar-refractivity contribution is -0.869. The Morgan fingerprint density at radius 1 is 0.895 bits per heavy atom. The first-order valence-electron chi connectivity index (χ1n) is 12.2. The number of carbonyl (C=O) groups excluding carboxylic acids is 2. The number of nitrogens with one attached hydrogen (secondary N) is 1. The number of quaternary nitrogens is 1. The molecule has 0 aliphatic carbocycles. The molecule has 4 rings (SSSR count). The summed E-state index contributed by atoms with van der Waals surface area (Å²) < 4.78 is 18.7. The predicted octanol–water partition coefficient (Wildman–Crippen LogP) is 3.93. The van der Waals surface area contributed by atoms with E-state index in [-0.39, 0.29) is 11.3 Å². The first-order chi connectivity index (χ1) is 18.2. The van der Waals surface area contributed by atoms with Crippen LogP contribution in [0.3, 0.4) is 0 Å². The molecule has 4 aromatic rings. The zero-order valence-electron chi connectivity index (χ0n) is 22.6. The van der Waals surface area contributed by atoms with Crippen molar-refractivity contribution in [3.05, 3.63) is 71.9 Å². The topological polar surface area (TPSA) is 91.7 Å². The summed E-state index contributed by atoms with van der Waals surface area (Å²) in [6.45, 7) is 1.08. The van der Waals surface area contributed by atoms with Crippen LogP contribution in [-0.4, -0.2) is 81.7 Å². The zero-order valence-corrected chi connectivity index (χ0v) is 22.6. The molecule has 3 aromatic carbocycles. The molecule has 0 radical (unpaired) electrons. The van der Waals surface area contributed by atoms with Gasteiger partial charge in [-0.05, 0) is 23.6 Å². The number of carbonyl (C=O) groups is 2. The molecule has 0 saturated carbocycles. The number of hydrogen-bond acceptors (Lipinski definition) is 6. The maximum Gasteiger partial charge on any atom is 0.359 e. The van der Waals surface area contributed by atoms with Gasteiger partial charge in [0.2, 0.25) is 0 Å². The van der Waals surface area contributed by atoms with Crippen LogP contribution in [0.5, 0.6) is 11.5 Å². The number of ether oxygens (including phenoxy) is 3. The normalized spacial score (nSPS) is 11.3. The molecule has 1 heterocycles. The van der Waals surface area contributed by atoms with Crippen LogP contribution in [0.25, 0.3) is 27.7 Å². The van der Waals surface area contributed by atoms with Gasteiger partial charge >= 0.3 is 5.97 Å². The minimum Gasteiger partial charge on any atom is -0.496 e. The van der Waals surface area contributed by atoms with Crippen molar-refractivity contribution in [2.24, 2.45) is 0 Å². The standard InChI is InChI=1S/C29H32N4O5/c1-33(2,3)18-17-30-28(34)25-26(29(35)38-6)31-32(21-14-9-12-19-11-7-8-13-20(19)21)27(25)24-22(36-4)15-10-16-23(24)37-5/h7-16H,17-18H2,1-6H3/p+1. The van der Waals surface area contributed by atoms with E-state index in [1.165, 1.54) is 7.11 Å². The van der Waals surface area contributed by atoms with E-state index >= 15 is 0 Å². The number of likely N-dealkylation sites (N-methyl/N-ethyl adjacent to an activating group) is 1. The Bertz CT molecular complexity index is 1460. The molecule has 0 atom stereocenters. The number of fused-ring (bicyclic) bond motifs is 1. The lowest BCUT2D eigenvalue weighted by Gasteiger charge is -2.23. The molecule has 0 aliphatic rings. The molecule has 0 fully saturated rings. The van der Waals surface area contributed by atoms with Crippen molar-refractivity contribution in [3.8, 4) is 28.4 Å². The van der Waals surface area contributed by atoms with Gasteiger partial charge in [0.15, 0.2) is 5.69 Å². The van der Waals surface area contributed by atoms with Crippen molar-refractivity contribution in [2.75, 3.05) is 55.6 Å². The first-order valence-corrected chi connectivity index (χ1v) is 12.2. The van der Waals surface area contributed by atoms with E-state index < -0.39 is 11.9 Å². The summed E-state index contributed by atoms with van der Waals surface area (Å²) >= 11 is 0. The number of benzene rings is 3. The molecule has 0 spiro atoms. The molecule has 0 aliphatic heterocycles. The first kappa shape index (κ1) is 26.7. The van der Waals surface area contributed by atoms with Crippen molar-refractivity contribution < 1.29 is 28.3 Å². The molecule has 1 amide bonds. The molecular formula is C29H33N4O5+. The van der Waals surface area contributed by atoms with Crippen LogP contribution in [0.1, 0.15) is 20.8 Å². The second-order valence-electron chi connectivity index (χ2n) is 9.78. The third kappa shape index (κ3) is 5.19. The summed E-state index contributed by atoms with van der Waals surface area (Å²) in [5.41, 5.74) is 1.50. The maximum atomic E-state index is 13.8. The highest BCUT2D eigenvalue weighted by Gasteiger charge is 2.33. The van der Waals surface area contributed by atoms with E-state index in [1.807, 2.05) is 63.6 Å². The molecule has 0 bridgehead atoms. The SMILES string of the molecule is COC(=O)c1nn(-c2cccc3ccccc23)c(-c2c(OC)cccc2OC)c1C(=O)NCC[N+](C)(C)C. The monoisotopic (exact) mass is 517 g/mol. The number of amides is 1. The van der Waals surface area contributed by atoms with Gasteiger partial charge in [0.25, 0.3) is 5.91 Å². The minimum atomic E-state index is -0.726. The summed E-state index contributed by atoms with van der Waals surface area (Å²) in [5.74, 6) is -0.255. The average Bonchev–Trinajstić information content (AvgIpc) is 3.31. The summed E-state index contributed by atoms with van der Waals surface area (Å²) in [6.07, 6.45) is 0. The Morgan fingerprint density at radius 3 is 2.16 bits per heavy atom. The van der Waals surface area contributed by atoms with E-state index in [4.69, 9.17) is 14.2 Å². The Hall–Kier alpha value is -4.37. The van der Waals surface area contributed by atoms with Crippen molar-refractivity contribution in [2.45, 2.75) is 0 Å². The van der Waals surface area contributed by atoms with E-state index in [9.17, 15) is 9.59 Å². The molecule has 0 saturated heterocycles. The van der Waals surface area contributed by atoms with E-state index in [1.54, 1.807) is 37.1 Å². The van der Waals surface area contributed by atoms with E-state index in [2.05, 4.69) is 10.4 Å².